The topological polar surface area (TPSA) is 44.4 Å². The third-order valence-electron chi connectivity index (χ3n) is 6.52. The second-order valence-electron chi connectivity index (χ2n) is 8.42. The maximum Gasteiger partial charge on any atom is 0.225 e. The van der Waals surface area contributed by atoms with Crippen LogP contribution < -0.4 is 10.6 Å². The Kier molecular flexibility index (Phi) is 6.97. The van der Waals surface area contributed by atoms with E-state index in [1.807, 2.05) is 0 Å². The molecule has 0 aromatic rings. The van der Waals surface area contributed by atoms with E-state index in [0.29, 0.717) is 29.8 Å². The van der Waals surface area contributed by atoms with Crippen LogP contribution in [0.1, 0.15) is 77.6 Å². The number of thiocarbonyl (C=S) groups is 1. The summed E-state index contributed by atoms with van der Waals surface area (Å²) in [6.45, 7) is 4.10. The first-order valence-electron chi connectivity index (χ1n) is 10.5. The monoisotopic (exact) mass is 365 g/mol. The fraction of sp³-hybridized carbons (Fsp3) is 0.900. The van der Waals surface area contributed by atoms with Crippen molar-refractivity contribution in [1.29, 1.82) is 0 Å². The molecule has 1 saturated heterocycles. The zero-order valence-corrected chi connectivity index (χ0v) is 16.6. The Bertz CT molecular complexity index is 456. The van der Waals surface area contributed by atoms with Crippen molar-refractivity contribution in [3.8, 4) is 0 Å². The zero-order valence-electron chi connectivity index (χ0n) is 15.8. The van der Waals surface area contributed by atoms with E-state index in [1.54, 1.807) is 0 Å². The van der Waals surface area contributed by atoms with E-state index in [9.17, 15) is 4.79 Å². The van der Waals surface area contributed by atoms with Gasteiger partial charge in [0.25, 0.3) is 0 Å². The summed E-state index contributed by atoms with van der Waals surface area (Å²) in [5.74, 6) is 1.42. The standard InChI is InChI=1S/C20H35N3OS/c1-15-7-5-6-10-18(15)22-20(25)21-17-11-13-23(14-12-17)19(24)16-8-3-2-4-9-16/h15-18H,2-14H2,1H3,(H2,21,22,25). The van der Waals surface area contributed by atoms with Crippen molar-refractivity contribution in [2.24, 2.45) is 11.8 Å². The molecule has 0 spiro atoms. The summed E-state index contributed by atoms with van der Waals surface area (Å²) in [5.41, 5.74) is 0. The fourth-order valence-electron chi connectivity index (χ4n) is 4.78. The van der Waals surface area contributed by atoms with Crippen LogP contribution in [0.5, 0.6) is 0 Å². The first kappa shape index (κ1) is 18.9. The van der Waals surface area contributed by atoms with Crippen LogP contribution in [0.2, 0.25) is 0 Å². The molecule has 2 N–H and O–H groups in total. The van der Waals surface area contributed by atoms with Crippen LogP contribution in [-0.4, -0.2) is 41.1 Å². The van der Waals surface area contributed by atoms with Crippen LogP contribution in [0.4, 0.5) is 0 Å². The molecular formula is C20H35N3OS. The molecule has 1 aliphatic heterocycles. The first-order chi connectivity index (χ1) is 12.1. The number of likely N-dealkylation sites (tertiary alicyclic amines) is 1. The zero-order chi connectivity index (χ0) is 17.6. The van der Waals surface area contributed by atoms with Gasteiger partial charge in [-0.25, -0.2) is 0 Å². The van der Waals surface area contributed by atoms with Crippen LogP contribution in [0.3, 0.4) is 0 Å². The van der Waals surface area contributed by atoms with E-state index in [1.165, 1.54) is 44.9 Å². The molecule has 1 heterocycles. The van der Waals surface area contributed by atoms with E-state index in [4.69, 9.17) is 12.2 Å². The van der Waals surface area contributed by atoms with Gasteiger partial charge in [0.1, 0.15) is 0 Å². The average Bonchev–Trinajstić information content (AvgIpc) is 2.64. The highest BCUT2D eigenvalue weighted by Crippen LogP contribution is 2.27. The van der Waals surface area contributed by atoms with Crippen molar-refractivity contribution < 1.29 is 4.79 Å². The van der Waals surface area contributed by atoms with E-state index >= 15 is 0 Å². The van der Waals surface area contributed by atoms with Gasteiger partial charge in [-0.1, -0.05) is 39.0 Å². The minimum atomic E-state index is 0.300. The van der Waals surface area contributed by atoms with E-state index in [2.05, 4.69) is 22.5 Å². The minimum Gasteiger partial charge on any atom is -0.360 e. The van der Waals surface area contributed by atoms with Gasteiger partial charge >= 0.3 is 0 Å². The molecule has 2 atom stereocenters. The number of nitrogens with zero attached hydrogens (tertiary/aromatic N) is 1. The Morgan fingerprint density at radius 2 is 1.52 bits per heavy atom. The van der Waals surface area contributed by atoms with Crippen LogP contribution in [0, 0.1) is 11.8 Å². The van der Waals surface area contributed by atoms with Gasteiger partial charge in [-0.2, -0.15) is 0 Å². The molecule has 0 radical (unpaired) electrons. The molecule has 0 aromatic carbocycles. The summed E-state index contributed by atoms with van der Waals surface area (Å²) < 4.78 is 0. The molecule has 2 unspecified atom stereocenters. The number of carbonyl (C=O) groups excluding carboxylic acids is 1. The summed E-state index contributed by atoms with van der Waals surface area (Å²) in [7, 11) is 0. The Balaban J connectivity index is 1.38. The van der Waals surface area contributed by atoms with Crippen LogP contribution in [0.25, 0.3) is 0 Å². The molecule has 3 aliphatic rings. The van der Waals surface area contributed by atoms with Crippen LogP contribution >= 0.6 is 12.2 Å². The highest BCUT2D eigenvalue weighted by molar-refractivity contribution is 7.80. The lowest BCUT2D eigenvalue weighted by Crippen LogP contribution is -2.52. The Morgan fingerprint density at radius 3 is 2.20 bits per heavy atom. The molecule has 3 rings (SSSR count). The summed E-state index contributed by atoms with van der Waals surface area (Å²) in [6, 6.07) is 0.941. The predicted octanol–water partition coefficient (Wildman–Crippen LogP) is 3.60. The first-order valence-corrected chi connectivity index (χ1v) is 10.9. The van der Waals surface area contributed by atoms with Gasteiger partial charge in [0.05, 0.1) is 0 Å². The van der Waals surface area contributed by atoms with E-state index in [0.717, 1.165) is 43.9 Å². The molecule has 3 fully saturated rings. The van der Waals surface area contributed by atoms with Gasteiger partial charge in [-0.05, 0) is 56.7 Å². The molecule has 0 bridgehead atoms. The van der Waals surface area contributed by atoms with Crippen molar-refractivity contribution in [2.45, 2.75) is 89.6 Å². The molecule has 4 nitrogen and oxygen atoms in total. The van der Waals surface area contributed by atoms with Crippen molar-refractivity contribution in [1.82, 2.24) is 15.5 Å². The van der Waals surface area contributed by atoms with Gasteiger partial charge < -0.3 is 15.5 Å². The molecule has 2 saturated carbocycles. The second kappa shape index (κ2) is 9.20. The van der Waals surface area contributed by atoms with Crippen LogP contribution in [-0.2, 0) is 4.79 Å². The van der Waals surface area contributed by atoms with Crippen LogP contribution in [0.15, 0.2) is 0 Å². The number of piperidine rings is 1. The van der Waals surface area contributed by atoms with Crippen molar-refractivity contribution in [3.05, 3.63) is 0 Å². The van der Waals surface area contributed by atoms with Gasteiger partial charge in [0, 0.05) is 31.1 Å². The number of nitrogens with one attached hydrogen (secondary N) is 2. The van der Waals surface area contributed by atoms with Gasteiger partial charge in [0.15, 0.2) is 5.11 Å². The Morgan fingerprint density at radius 1 is 0.880 bits per heavy atom. The number of hydrogen-bond acceptors (Lipinski definition) is 2. The number of carbonyl (C=O) groups is 1. The highest BCUT2D eigenvalue weighted by Gasteiger charge is 2.29. The predicted molar refractivity (Wildman–Crippen MR) is 106 cm³/mol. The van der Waals surface area contributed by atoms with Gasteiger partial charge in [-0.3, -0.25) is 4.79 Å². The van der Waals surface area contributed by atoms with Crippen molar-refractivity contribution >= 4 is 23.2 Å². The maximum absolute atomic E-state index is 12.6. The third-order valence-corrected chi connectivity index (χ3v) is 6.76. The molecule has 1 amide bonds. The third kappa shape index (κ3) is 5.32. The van der Waals surface area contributed by atoms with Gasteiger partial charge in [0.2, 0.25) is 5.91 Å². The lowest BCUT2D eigenvalue weighted by molar-refractivity contribution is -0.137. The molecule has 2 aliphatic carbocycles. The molecule has 5 heteroatoms. The van der Waals surface area contributed by atoms with Crippen molar-refractivity contribution in [3.63, 3.8) is 0 Å². The maximum atomic E-state index is 12.6. The highest BCUT2D eigenvalue weighted by atomic mass is 32.1. The fourth-order valence-corrected chi connectivity index (χ4v) is 5.10. The Labute approximate surface area is 158 Å². The minimum absolute atomic E-state index is 0.300. The SMILES string of the molecule is CC1CCCCC1NC(=S)NC1CCN(C(=O)C2CCCCC2)CC1. The van der Waals surface area contributed by atoms with E-state index < -0.39 is 0 Å². The normalized spacial score (nSPS) is 29.2. The molecule has 0 aromatic heterocycles. The number of amides is 1. The smallest absolute Gasteiger partial charge is 0.225 e. The second-order valence-corrected chi connectivity index (χ2v) is 8.83. The largest absolute Gasteiger partial charge is 0.360 e. The average molecular weight is 366 g/mol. The number of hydrogen-bond donors (Lipinski definition) is 2. The quantitative estimate of drug-likeness (QED) is 0.750. The number of rotatable bonds is 3. The molecule has 25 heavy (non-hydrogen) atoms. The van der Waals surface area contributed by atoms with Gasteiger partial charge in [-0.15, -0.1) is 0 Å². The molecule has 142 valence electrons. The lowest BCUT2D eigenvalue weighted by atomic mass is 9.86. The molecular weight excluding hydrogens is 330 g/mol. The summed E-state index contributed by atoms with van der Waals surface area (Å²) >= 11 is 5.55. The lowest BCUT2D eigenvalue weighted by Gasteiger charge is -2.36. The Hall–Kier alpha value is -0.840. The van der Waals surface area contributed by atoms with Crippen molar-refractivity contribution in [2.75, 3.05) is 13.1 Å². The summed E-state index contributed by atoms with van der Waals surface area (Å²) in [4.78, 5) is 14.8. The summed E-state index contributed by atoms with van der Waals surface area (Å²) in [5, 5.41) is 7.87. The van der Waals surface area contributed by atoms with E-state index in [-0.39, 0.29) is 0 Å². The summed E-state index contributed by atoms with van der Waals surface area (Å²) in [6.07, 6.45) is 13.2.